The van der Waals surface area contributed by atoms with Crippen molar-refractivity contribution in [1.82, 2.24) is 0 Å². The molecule has 3 heteroatoms. The van der Waals surface area contributed by atoms with E-state index in [4.69, 9.17) is 0 Å². The second-order valence-corrected chi connectivity index (χ2v) is 11.5. The van der Waals surface area contributed by atoms with Gasteiger partial charge in [0.1, 0.15) is 0 Å². The standard InChI is InChI=1S/C23H31O2P/c1-16(2)15-26(25,20-11-9-8-10-12-20)22(24)21-17(3)13-19(14-18(21)4)23(5,6)7/h8-14,16H,15H2,1-7H3. The summed E-state index contributed by atoms with van der Waals surface area (Å²) < 4.78 is 14.0. The fourth-order valence-electron chi connectivity index (χ4n) is 3.40. The highest BCUT2D eigenvalue weighted by Gasteiger charge is 2.36. The second-order valence-electron chi connectivity index (χ2n) is 8.69. The molecule has 0 N–H and O–H groups in total. The van der Waals surface area contributed by atoms with Crippen molar-refractivity contribution in [3.63, 3.8) is 0 Å². The topological polar surface area (TPSA) is 34.1 Å². The van der Waals surface area contributed by atoms with Crippen LogP contribution in [0, 0.1) is 19.8 Å². The zero-order valence-corrected chi connectivity index (χ0v) is 18.0. The van der Waals surface area contributed by atoms with Gasteiger partial charge in [0.25, 0.3) is 0 Å². The molecular weight excluding hydrogens is 339 g/mol. The van der Waals surface area contributed by atoms with Gasteiger partial charge in [-0.2, -0.15) is 0 Å². The molecule has 0 aliphatic heterocycles. The highest BCUT2D eigenvalue weighted by molar-refractivity contribution is 7.87. The molecule has 0 spiro atoms. The van der Waals surface area contributed by atoms with Crippen molar-refractivity contribution >= 4 is 18.0 Å². The maximum absolute atomic E-state index is 14.0. The summed E-state index contributed by atoms with van der Waals surface area (Å²) in [5.74, 6) is 0.180. The third-order valence-corrected chi connectivity index (χ3v) is 7.99. The molecule has 0 saturated carbocycles. The number of carbonyl (C=O) groups excluding carboxylic acids is 1. The Hall–Kier alpha value is -1.66. The van der Waals surface area contributed by atoms with Crippen LogP contribution in [0.1, 0.15) is 61.7 Å². The summed E-state index contributed by atoms with van der Waals surface area (Å²) in [7, 11) is -3.19. The van der Waals surface area contributed by atoms with Crippen molar-refractivity contribution in [1.29, 1.82) is 0 Å². The van der Waals surface area contributed by atoms with Crippen LogP contribution in [-0.2, 0) is 9.98 Å². The van der Waals surface area contributed by atoms with Gasteiger partial charge in [0.15, 0.2) is 7.14 Å². The van der Waals surface area contributed by atoms with Crippen LogP contribution in [-0.4, -0.2) is 11.7 Å². The lowest BCUT2D eigenvalue weighted by molar-refractivity contribution is 0.107. The summed E-state index contributed by atoms with van der Waals surface area (Å²) in [5, 5.41) is 0.664. The molecule has 2 aromatic carbocycles. The van der Waals surface area contributed by atoms with Crippen LogP contribution in [0.25, 0.3) is 0 Å². The molecule has 0 amide bonds. The maximum Gasteiger partial charge on any atom is 0.226 e. The molecule has 1 unspecified atom stereocenters. The van der Waals surface area contributed by atoms with E-state index >= 15 is 0 Å². The van der Waals surface area contributed by atoms with Crippen molar-refractivity contribution in [3.05, 3.63) is 64.7 Å². The Labute approximate surface area is 158 Å². The van der Waals surface area contributed by atoms with Crippen molar-refractivity contribution in [2.45, 2.75) is 53.9 Å². The van der Waals surface area contributed by atoms with Gasteiger partial charge in [0.2, 0.25) is 5.52 Å². The highest BCUT2D eigenvalue weighted by atomic mass is 31.2. The van der Waals surface area contributed by atoms with Gasteiger partial charge in [-0.3, -0.25) is 4.79 Å². The molecule has 0 saturated heterocycles. The van der Waals surface area contributed by atoms with Crippen molar-refractivity contribution in [3.8, 4) is 0 Å². The zero-order valence-electron chi connectivity index (χ0n) is 17.1. The van der Waals surface area contributed by atoms with E-state index in [1.807, 2.05) is 58.0 Å². The van der Waals surface area contributed by atoms with Crippen molar-refractivity contribution in [2.75, 3.05) is 6.16 Å². The maximum atomic E-state index is 14.0. The van der Waals surface area contributed by atoms with E-state index in [1.54, 1.807) is 0 Å². The van der Waals surface area contributed by atoms with Crippen LogP contribution >= 0.6 is 7.14 Å². The fourth-order valence-corrected chi connectivity index (χ4v) is 6.41. The molecule has 0 aliphatic rings. The van der Waals surface area contributed by atoms with Crippen LogP contribution in [0.3, 0.4) is 0 Å². The average molecular weight is 370 g/mol. The molecule has 2 aromatic rings. The van der Waals surface area contributed by atoms with Crippen molar-refractivity contribution < 1.29 is 9.36 Å². The Bertz CT molecular complexity index is 819. The predicted molar refractivity (Wildman–Crippen MR) is 112 cm³/mol. The highest BCUT2D eigenvalue weighted by Crippen LogP contribution is 2.50. The molecule has 2 rings (SSSR count). The lowest BCUT2D eigenvalue weighted by atomic mass is 9.84. The van der Waals surface area contributed by atoms with Crippen LogP contribution in [0.5, 0.6) is 0 Å². The van der Waals surface area contributed by atoms with E-state index in [0.717, 1.165) is 11.1 Å². The minimum absolute atomic E-state index is 0.0121. The molecular formula is C23H31O2P. The van der Waals surface area contributed by atoms with Gasteiger partial charge in [-0.15, -0.1) is 0 Å². The van der Waals surface area contributed by atoms with E-state index in [9.17, 15) is 9.36 Å². The molecule has 2 nitrogen and oxygen atoms in total. The quantitative estimate of drug-likeness (QED) is 0.597. The second kappa shape index (κ2) is 7.53. The number of rotatable bonds is 5. The third kappa shape index (κ3) is 4.18. The summed E-state index contributed by atoms with van der Waals surface area (Å²) in [6.45, 7) is 14.4. The molecule has 0 heterocycles. The van der Waals surface area contributed by atoms with Crippen LogP contribution in [0.4, 0.5) is 0 Å². The molecule has 140 valence electrons. The van der Waals surface area contributed by atoms with Gasteiger partial charge in [0, 0.05) is 17.0 Å². The Balaban J connectivity index is 2.62. The van der Waals surface area contributed by atoms with Gasteiger partial charge in [-0.25, -0.2) is 0 Å². The Morgan fingerprint density at radius 1 is 1.00 bits per heavy atom. The van der Waals surface area contributed by atoms with Gasteiger partial charge >= 0.3 is 0 Å². The molecule has 0 bridgehead atoms. The number of aryl methyl sites for hydroxylation is 2. The van der Waals surface area contributed by atoms with E-state index in [-0.39, 0.29) is 16.9 Å². The summed E-state index contributed by atoms with van der Waals surface area (Å²) in [4.78, 5) is 13.5. The average Bonchev–Trinajstić information content (AvgIpc) is 2.53. The first kappa shape index (κ1) is 20.6. The van der Waals surface area contributed by atoms with E-state index in [1.165, 1.54) is 5.56 Å². The van der Waals surface area contributed by atoms with Gasteiger partial charge in [-0.1, -0.05) is 77.1 Å². The predicted octanol–water partition coefficient (Wildman–Crippen LogP) is 6.09. The Morgan fingerprint density at radius 2 is 1.50 bits per heavy atom. The minimum Gasteiger partial charge on any atom is -0.310 e. The third-order valence-electron chi connectivity index (χ3n) is 4.74. The number of carbonyl (C=O) groups is 1. The summed E-state index contributed by atoms with van der Waals surface area (Å²) >= 11 is 0. The first-order valence-corrected chi connectivity index (χ1v) is 11.2. The van der Waals surface area contributed by atoms with Crippen LogP contribution in [0.2, 0.25) is 0 Å². The summed E-state index contributed by atoms with van der Waals surface area (Å²) in [5.41, 5.74) is 3.47. The van der Waals surface area contributed by atoms with E-state index in [0.29, 0.717) is 17.0 Å². The van der Waals surface area contributed by atoms with Crippen molar-refractivity contribution in [2.24, 2.45) is 5.92 Å². The fraction of sp³-hybridized carbons (Fsp3) is 0.435. The zero-order chi connectivity index (χ0) is 19.7. The first-order valence-electron chi connectivity index (χ1n) is 9.28. The van der Waals surface area contributed by atoms with E-state index in [2.05, 4.69) is 32.9 Å². The number of benzene rings is 2. The monoisotopic (exact) mass is 370 g/mol. The van der Waals surface area contributed by atoms with Crippen LogP contribution in [0.15, 0.2) is 42.5 Å². The van der Waals surface area contributed by atoms with Gasteiger partial charge in [-0.05, 0) is 41.9 Å². The lowest BCUT2D eigenvalue weighted by Gasteiger charge is -2.24. The summed E-state index contributed by atoms with van der Waals surface area (Å²) in [6.07, 6.45) is 0.399. The van der Waals surface area contributed by atoms with Gasteiger partial charge < -0.3 is 4.57 Å². The number of hydrogen-bond acceptors (Lipinski definition) is 2. The summed E-state index contributed by atoms with van der Waals surface area (Å²) in [6, 6.07) is 13.4. The molecule has 0 fully saturated rings. The van der Waals surface area contributed by atoms with Gasteiger partial charge in [0.05, 0.1) is 0 Å². The molecule has 26 heavy (non-hydrogen) atoms. The number of hydrogen-bond donors (Lipinski definition) is 0. The lowest BCUT2D eigenvalue weighted by Crippen LogP contribution is -2.20. The Morgan fingerprint density at radius 3 is 1.92 bits per heavy atom. The molecule has 0 radical (unpaired) electrons. The van der Waals surface area contributed by atoms with E-state index < -0.39 is 7.14 Å². The molecule has 0 aromatic heterocycles. The molecule has 1 atom stereocenters. The SMILES string of the molecule is Cc1cc(C(C)(C)C)cc(C)c1C(=O)P(=O)(CC(C)C)c1ccccc1. The largest absolute Gasteiger partial charge is 0.310 e. The Kier molecular flexibility index (Phi) is 5.98. The first-order chi connectivity index (χ1) is 12.0. The minimum atomic E-state index is -3.19. The molecule has 0 aliphatic carbocycles. The normalized spacial score (nSPS) is 14.3. The smallest absolute Gasteiger partial charge is 0.226 e. The van der Waals surface area contributed by atoms with Crippen LogP contribution < -0.4 is 5.30 Å².